The Morgan fingerprint density at radius 3 is 2.48 bits per heavy atom. The Kier molecular flexibility index (Phi) is 6.01. The van der Waals surface area contributed by atoms with Gasteiger partial charge in [0.05, 0.1) is 0 Å². The summed E-state index contributed by atoms with van der Waals surface area (Å²) in [5.74, 6) is -0.416. The number of amides is 1. The fraction of sp³-hybridized carbons (Fsp3) is 0.350. The summed E-state index contributed by atoms with van der Waals surface area (Å²) in [6, 6.07) is 16.7. The highest BCUT2D eigenvalue weighted by molar-refractivity contribution is 5.90. The molecule has 4 nitrogen and oxygen atoms in total. The van der Waals surface area contributed by atoms with Gasteiger partial charge in [-0.3, -0.25) is 4.79 Å². The van der Waals surface area contributed by atoms with Gasteiger partial charge in [0, 0.05) is 43.5 Å². The van der Waals surface area contributed by atoms with Crippen LogP contribution in [0.4, 0.5) is 15.8 Å². The minimum atomic E-state index is -0.342. The van der Waals surface area contributed by atoms with Crippen LogP contribution in [0, 0.1) is 5.82 Å². The molecule has 0 bridgehead atoms. The number of piperidine rings is 1. The molecule has 132 valence electrons. The van der Waals surface area contributed by atoms with Gasteiger partial charge in [-0.25, -0.2) is 4.39 Å². The molecule has 1 aliphatic heterocycles. The summed E-state index contributed by atoms with van der Waals surface area (Å²) < 4.78 is 13.1. The van der Waals surface area contributed by atoms with Gasteiger partial charge in [0.15, 0.2) is 0 Å². The Labute approximate surface area is 148 Å². The van der Waals surface area contributed by atoms with E-state index in [-0.39, 0.29) is 11.7 Å². The number of carbonyl (C=O) groups excluding carboxylic acids is 1. The average Bonchev–Trinajstić information content (AvgIpc) is 2.62. The average molecular weight is 341 g/mol. The topological polar surface area (TPSA) is 44.4 Å². The number of carbonyl (C=O) groups is 1. The van der Waals surface area contributed by atoms with Crippen LogP contribution < -0.4 is 10.6 Å². The van der Waals surface area contributed by atoms with Crippen LogP contribution in [0.1, 0.15) is 19.3 Å². The molecule has 0 atom stereocenters. The molecule has 1 amide bonds. The minimum absolute atomic E-state index is 0.0739. The molecule has 2 N–H and O–H groups in total. The van der Waals surface area contributed by atoms with Crippen LogP contribution in [0.15, 0.2) is 54.6 Å². The molecule has 0 saturated carbocycles. The van der Waals surface area contributed by atoms with Gasteiger partial charge in [-0.2, -0.15) is 0 Å². The summed E-state index contributed by atoms with van der Waals surface area (Å²) in [7, 11) is 0. The number of hydrogen-bond donors (Lipinski definition) is 2. The maximum Gasteiger partial charge on any atom is 0.225 e. The maximum absolute atomic E-state index is 13.1. The Balaban J connectivity index is 1.37. The molecule has 0 unspecified atom stereocenters. The van der Waals surface area contributed by atoms with Crippen LogP contribution in [0.5, 0.6) is 0 Å². The zero-order chi connectivity index (χ0) is 17.5. The number of hydrogen-bond acceptors (Lipinski definition) is 3. The summed E-state index contributed by atoms with van der Waals surface area (Å²) in [6.45, 7) is 2.70. The number of benzene rings is 2. The van der Waals surface area contributed by atoms with Gasteiger partial charge in [0.25, 0.3) is 0 Å². The monoisotopic (exact) mass is 341 g/mol. The fourth-order valence-corrected chi connectivity index (χ4v) is 3.12. The van der Waals surface area contributed by atoms with Gasteiger partial charge in [-0.1, -0.05) is 24.3 Å². The zero-order valence-corrected chi connectivity index (χ0v) is 14.2. The van der Waals surface area contributed by atoms with E-state index < -0.39 is 0 Å². The SMILES string of the molecule is O=C(CCN1CCC(Nc2ccccc2)CC1)Nc1cccc(F)c1. The molecule has 0 aromatic heterocycles. The first-order valence-electron chi connectivity index (χ1n) is 8.78. The van der Waals surface area contributed by atoms with Gasteiger partial charge in [0.2, 0.25) is 5.91 Å². The van der Waals surface area contributed by atoms with Crippen molar-refractivity contribution < 1.29 is 9.18 Å². The van der Waals surface area contributed by atoms with Crippen molar-refractivity contribution >= 4 is 17.3 Å². The molecular formula is C20H24FN3O. The van der Waals surface area contributed by atoms with Gasteiger partial charge in [-0.15, -0.1) is 0 Å². The molecule has 0 aliphatic carbocycles. The zero-order valence-electron chi connectivity index (χ0n) is 14.2. The Bertz CT molecular complexity index is 684. The molecule has 2 aromatic rings. The first kappa shape index (κ1) is 17.4. The van der Waals surface area contributed by atoms with E-state index in [2.05, 4.69) is 27.7 Å². The molecule has 3 rings (SSSR count). The third kappa shape index (κ3) is 5.57. The highest BCUT2D eigenvalue weighted by Gasteiger charge is 2.19. The molecule has 2 aromatic carbocycles. The second-order valence-corrected chi connectivity index (χ2v) is 6.43. The number of nitrogens with one attached hydrogen (secondary N) is 2. The lowest BCUT2D eigenvalue weighted by atomic mass is 10.0. The lowest BCUT2D eigenvalue weighted by Crippen LogP contribution is -2.40. The van der Waals surface area contributed by atoms with E-state index in [0.717, 1.165) is 38.2 Å². The first-order chi connectivity index (χ1) is 12.2. The normalized spacial score (nSPS) is 15.7. The highest BCUT2D eigenvalue weighted by Crippen LogP contribution is 2.16. The molecule has 1 aliphatic rings. The maximum atomic E-state index is 13.1. The Morgan fingerprint density at radius 2 is 1.76 bits per heavy atom. The predicted octanol–water partition coefficient (Wildman–Crippen LogP) is 3.73. The third-order valence-electron chi connectivity index (χ3n) is 4.50. The number of para-hydroxylation sites is 1. The number of rotatable bonds is 6. The lowest BCUT2D eigenvalue weighted by molar-refractivity contribution is -0.116. The van der Waals surface area contributed by atoms with Crippen molar-refractivity contribution in [3.8, 4) is 0 Å². The molecule has 1 heterocycles. The smallest absolute Gasteiger partial charge is 0.225 e. The highest BCUT2D eigenvalue weighted by atomic mass is 19.1. The van der Waals surface area contributed by atoms with E-state index in [0.29, 0.717) is 18.2 Å². The summed E-state index contributed by atoms with van der Waals surface area (Å²) >= 11 is 0. The standard InChI is InChI=1S/C20H24FN3O/c21-16-5-4-8-19(15-16)23-20(25)11-14-24-12-9-18(10-13-24)22-17-6-2-1-3-7-17/h1-8,15,18,22H,9-14H2,(H,23,25). The Hall–Kier alpha value is -2.40. The van der Waals surface area contributed by atoms with Crippen LogP contribution >= 0.6 is 0 Å². The molecule has 1 fully saturated rings. The van der Waals surface area contributed by atoms with E-state index in [9.17, 15) is 9.18 Å². The van der Waals surface area contributed by atoms with Gasteiger partial charge in [-0.05, 0) is 43.2 Å². The molecule has 0 radical (unpaired) electrons. The van der Waals surface area contributed by atoms with E-state index in [4.69, 9.17) is 0 Å². The number of anilines is 2. The van der Waals surface area contributed by atoms with Crippen LogP contribution in [0.3, 0.4) is 0 Å². The van der Waals surface area contributed by atoms with E-state index in [1.807, 2.05) is 18.2 Å². The van der Waals surface area contributed by atoms with Crippen molar-refractivity contribution in [2.24, 2.45) is 0 Å². The Morgan fingerprint density at radius 1 is 1.04 bits per heavy atom. The van der Waals surface area contributed by atoms with Crippen molar-refractivity contribution in [3.05, 3.63) is 60.4 Å². The molecule has 0 spiro atoms. The lowest BCUT2D eigenvalue weighted by Gasteiger charge is -2.32. The van der Waals surface area contributed by atoms with E-state index >= 15 is 0 Å². The summed E-state index contributed by atoms with van der Waals surface area (Å²) in [4.78, 5) is 14.3. The largest absolute Gasteiger partial charge is 0.382 e. The van der Waals surface area contributed by atoms with Crippen molar-refractivity contribution in [1.29, 1.82) is 0 Å². The predicted molar refractivity (Wildman–Crippen MR) is 99.2 cm³/mol. The van der Waals surface area contributed by atoms with Crippen molar-refractivity contribution in [1.82, 2.24) is 4.90 Å². The molecule has 5 heteroatoms. The van der Waals surface area contributed by atoms with Crippen LogP contribution in [0.25, 0.3) is 0 Å². The second kappa shape index (κ2) is 8.62. The molecular weight excluding hydrogens is 317 g/mol. The van der Waals surface area contributed by atoms with E-state index in [1.54, 1.807) is 12.1 Å². The first-order valence-corrected chi connectivity index (χ1v) is 8.78. The minimum Gasteiger partial charge on any atom is -0.382 e. The van der Waals surface area contributed by atoms with Crippen LogP contribution in [-0.4, -0.2) is 36.5 Å². The summed E-state index contributed by atoms with van der Waals surface area (Å²) in [5.41, 5.74) is 1.67. The summed E-state index contributed by atoms with van der Waals surface area (Å²) in [6.07, 6.45) is 2.56. The second-order valence-electron chi connectivity index (χ2n) is 6.43. The molecule has 25 heavy (non-hydrogen) atoms. The number of likely N-dealkylation sites (tertiary alicyclic amines) is 1. The number of nitrogens with zero attached hydrogens (tertiary/aromatic N) is 1. The number of halogens is 1. The van der Waals surface area contributed by atoms with Gasteiger partial charge in [0.1, 0.15) is 5.82 Å². The van der Waals surface area contributed by atoms with Crippen LogP contribution in [-0.2, 0) is 4.79 Å². The molecule has 1 saturated heterocycles. The quantitative estimate of drug-likeness (QED) is 0.841. The van der Waals surface area contributed by atoms with Crippen LogP contribution in [0.2, 0.25) is 0 Å². The van der Waals surface area contributed by atoms with Gasteiger partial charge < -0.3 is 15.5 Å². The fourth-order valence-electron chi connectivity index (χ4n) is 3.12. The van der Waals surface area contributed by atoms with E-state index in [1.165, 1.54) is 12.1 Å². The third-order valence-corrected chi connectivity index (χ3v) is 4.50. The van der Waals surface area contributed by atoms with Crippen molar-refractivity contribution in [3.63, 3.8) is 0 Å². The van der Waals surface area contributed by atoms with Gasteiger partial charge >= 0.3 is 0 Å². The van der Waals surface area contributed by atoms with Crippen molar-refractivity contribution in [2.75, 3.05) is 30.3 Å². The summed E-state index contributed by atoms with van der Waals surface area (Å²) in [5, 5.41) is 6.31. The van der Waals surface area contributed by atoms with Crippen molar-refractivity contribution in [2.45, 2.75) is 25.3 Å².